The lowest BCUT2D eigenvalue weighted by atomic mass is 10.1. The molecule has 0 amide bonds. The van der Waals surface area contributed by atoms with Gasteiger partial charge in [-0.05, 0) is 18.2 Å². The van der Waals surface area contributed by atoms with Crippen LogP contribution in [0, 0.1) is 11.3 Å². The summed E-state index contributed by atoms with van der Waals surface area (Å²) in [5.74, 6) is 0.847. The van der Waals surface area contributed by atoms with E-state index in [1.165, 1.54) is 0 Å². The molecule has 1 heterocycles. The van der Waals surface area contributed by atoms with Gasteiger partial charge in [0.05, 0.1) is 21.1 Å². The Labute approximate surface area is 131 Å². The molecule has 3 nitrogen and oxygen atoms in total. The molecule has 0 atom stereocenters. The molecule has 0 saturated heterocycles. The molecule has 3 aromatic rings. The van der Waals surface area contributed by atoms with Crippen molar-refractivity contribution in [1.82, 2.24) is 4.98 Å². The zero-order chi connectivity index (χ0) is 14.8. The van der Waals surface area contributed by atoms with Crippen molar-refractivity contribution >= 4 is 34.1 Å². The van der Waals surface area contributed by atoms with E-state index in [0.717, 1.165) is 5.39 Å². The second-order valence-corrected chi connectivity index (χ2v) is 5.13. The third kappa shape index (κ3) is 2.78. The summed E-state index contributed by atoms with van der Waals surface area (Å²) in [5.41, 5.74) is 1.21. The van der Waals surface area contributed by atoms with Crippen LogP contribution in [0.15, 0.2) is 48.5 Å². The first kappa shape index (κ1) is 13.7. The second kappa shape index (κ2) is 5.61. The normalized spacial score (nSPS) is 10.3. The van der Waals surface area contributed by atoms with E-state index in [1.807, 2.05) is 24.3 Å². The molecule has 0 aliphatic carbocycles. The van der Waals surface area contributed by atoms with Crippen LogP contribution in [0.3, 0.4) is 0 Å². The Morgan fingerprint density at radius 3 is 2.57 bits per heavy atom. The number of hydrogen-bond acceptors (Lipinski definition) is 3. The number of para-hydroxylation sites is 1. The van der Waals surface area contributed by atoms with Crippen LogP contribution in [0.1, 0.15) is 5.56 Å². The number of ether oxygens (including phenoxy) is 1. The maximum atomic E-state index is 9.23. The first-order chi connectivity index (χ1) is 10.2. The zero-order valence-corrected chi connectivity index (χ0v) is 12.2. The summed E-state index contributed by atoms with van der Waals surface area (Å²) >= 11 is 11.8. The predicted molar refractivity (Wildman–Crippen MR) is 83.0 cm³/mol. The number of hydrogen-bond donors (Lipinski definition) is 0. The third-order valence-corrected chi connectivity index (χ3v) is 3.67. The highest BCUT2D eigenvalue weighted by Crippen LogP contribution is 2.30. The molecule has 0 radical (unpaired) electrons. The van der Waals surface area contributed by atoms with E-state index >= 15 is 0 Å². The van der Waals surface area contributed by atoms with Crippen LogP contribution < -0.4 is 4.74 Å². The summed E-state index contributed by atoms with van der Waals surface area (Å²) in [4.78, 5) is 4.38. The van der Waals surface area contributed by atoms with Crippen molar-refractivity contribution in [1.29, 1.82) is 5.26 Å². The fourth-order valence-corrected chi connectivity index (χ4v) is 2.25. The molecule has 0 fully saturated rings. The molecule has 0 saturated carbocycles. The van der Waals surface area contributed by atoms with Crippen molar-refractivity contribution in [3.8, 4) is 17.7 Å². The van der Waals surface area contributed by atoms with E-state index in [-0.39, 0.29) is 0 Å². The summed E-state index contributed by atoms with van der Waals surface area (Å²) in [5, 5.41) is 10.9. The molecule has 0 bridgehead atoms. The minimum atomic E-state index is 0.337. The quantitative estimate of drug-likeness (QED) is 0.652. The molecule has 3 rings (SSSR count). The van der Waals surface area contributed by atoms with Gasteiger partial charge in [0.15, 0.2) is 0 Å². The van der Waals surface area contributed by atoms with Crippen LogP contribution in [0.5, 0.6) is 11.6 Å². The average Bonchev–Trinajstić information content (AvgIpc) is 2.50. The Kier molecular flexibility index (Phi) is 3.66. The summed E-state index contributed by atoms with van der Waals surface area (Å²) in [6, 6.07) is 16.1. The minimum absolute atomic E-state index is 0.337. The number of rotatable bonds is 2. The topological polar surface area (TPSA) is 45.9 Å². The Morgan fingerprint density at radius 2 is 1.81 bits per heavy atom. The number of fused-ring (bicyclic) bond motifs is 1. The molecule has 5 heteroatoms. The molecule has 21 heavy (non-hydrogen) atoms. The van der Waals surface area contributed by atoms with Gasteiger partial charge in [0, 0.05) is 17.5 Å². The van der Waals surface area contributed by atoms with Crippen LogP contribution in [0.25, 0.3) is 10.9 Å². The number of pyridine rings is 1. The van der Waals surface area contributed by atoms with E-state index in [9.17, 15) is 5.26 Å². The van der Waals surface area contributed by atoms with Gasteiger partial charge in [-0.1, -0.05) is 41.4 Å². The standard InChI is InChI=1S/C16H8Cl2N2O/c17-13-6-5-11(8-14(13)18)21-16-7-10(9-19)12-3-1-2-4-15(12)20-16/h1-8H. The van der Waals surface area contributed by atoms with Gasteiger partial charge in [0.25, 0.3) is 0 Å². The van der Waals surface area contributed by atoms with Crippen molar-refractivity contribution in [2.24, 2.45) is 0 Å². The van der Waals surface area contributed by atoms with E-state index in [0.29, 0.717) is 32.8 Å². The SMILES string of the molecule is N#Cc1cc(Oc2ccc(Cl)c(Cl)c2)nc2ccccc12. The first-order valence-corrected chi connectivity index (χ1v) is 6.86. The maximum absolute atomic E-state index is 9.23. The highest BCUT2D eigenvalue weighted by atomic mass is 35.5. The highest BCUT2D eigenvalue weighted by Gasteiger charge is 2.08. The fraction of sp³-hybridized carbons (Fsp3) is 0. The van der Waals surface area contributed by atoms with Crippen LogP contribution in [0.4, 0.5) is 0 Å². The van der Waals surface area contributed by atoms with E-state index < -0.39 is 0 Å². The van der Waals surface area contributed by atoms with Gasteiger partial charge in [-0.25, -0.2) is 4.98 Å². The lowest BCUT2D eigenvalue weighted by Gasteiger charge is -2.08. The summed E-state index contributed by atoms with van der Waals surface area (Å²) in [6.45, 7) is 0. The van der Waals surface area contributed by atoms with E-state index in [2.05, 4.69) is 11.1 Å². The molecule has 0 spiro atoms. The largest absolute Gasteiger partial charge is 0.439 e. The molecule has 0 aliphatic heterocycles. The maximum Gasteiger partial charge on any atom is 0.221 e. The number of nitrogens with zero attached hydrogens (tertiary/aromatic N) is 2. The molecular formula is C16H8Cl2N2O. The molecule has 0 unspecified atom stereocenters. The van der Waals surface area contributed by atoms with Gasteiger partial charge < -0.3 is 4.74 Å². The van der Waals surface area contributed by atoms with Crippen molar-refractivity contribution < 1.29 is 4.74 Å². The molecule has 1 aromatic heterocycles. The van der Waals surface area contributed by atoms with Crippen molar-refractivity contribution in [3.63, 3.8) is 0 Å². The Bertz CT molecular complexity index is 872. The molecule has 2 aromatic carbocycles. The van der Waals surface area contributed by atoms with Gasteiger partial charge in [-0.15, -0.1) is 0 Å². The molecule has 0 N–H and O–H groups in total. The number of benzene rings is 2. The van der Waals surface area contributed by atoms with Gasteiger partial charge in [0.2, 0.25) is 5.88 Å². The predicted octanol–water partition coefficient (Wildman–Crippen LogP) is 5.21. The monoisotopic (exact) mass is 314 g/mol. The number of aromatic nitrogens is 1. The highest BCUT2D eigenvalue weighted by molar-refractivity contribution is 6.42. The Balaban J connectivity index is 2.04. The lowest BCUT2D eigenvalue weighted by molar-refractivity contribution is 0.465. The zero-order valence-electron chi connectivity index (χ0n) is 10.7. The number of halogens is 2. The summed E-state index contributed by atoms with van der Waals surface area (Å²) < 4.78 is 5.66. The van der Waals surface area contributed by atoms with Gasteiger partial charge in [-0.2, -0.15) is 5.26 Å². The fourth-order valence-electron chi connectivity index (χ4n) is 1.96. The van der Waals surface area contributed by atoms with Crippen molar-refractivity contribution in [2.75, 3.05) is 0 Å². The average molecular weight is 315 g/mol. The van der Waals surface area contributed by atoms with Crippen LogP contribution in [0.2, 0.25) is 10.0 Å². The molecule has 102 valence electrons. The van der Waals surface area contributed by atoms with Gasteiger partial charge in [-0.3, -0.25) is 0 Å². The Hall–Kier alpha value is -2.28. The van der Waals surface area contributed by atoms with Crippen LogP contribution in [-0.4, -0.2) is 4.98 Å². The molecular weight excluding hydrogens is 307 g/mol. The van der Waals surface area contributed by atoms with E-state index in [4.69, 9.17) is 27.9 Å². The lowest BCUT2D eigenvalue weighted by Crippen LogP contribution is -1.91. The summed E-state index contributed by atoms with van der Waals surface area (Å²) in [7, 11) is 0. The second-order valence-electron chi connectivity index (χ2n) is 4.31. The summed E-state index contributed by atoms with van der Waals surface area (Å²) in [6.07, 6.45) is 0. The van der Waals surface area contributed by atoms with Crippen LogP contribution in [-0.2, 0) is 0 Å². The minimum Gasteiger partial charge on any atom is -0.439 e. The van der Waals surface area contributed by atoms with E-state index in [1.54, 1.807) is 24.3 Å². The third-order valence-electron chi connectivity index (χ3n) is 2.93. The first-order valence-electron chi connectivity index (χ1n) is 6.10. The van der Waals surface area contributed by atoms with Gasteiger partial charge >= 0.3 is 0 Å². The number of nitriles is 1. The van der Waals surface area contributed by atoms with Crippen molar-refractivity contribution in [2.45, 2.75) is 0 Å². The van der Waals surface area contributed by atoms with Gasteiger partial charge in [0.1, 0.15) is 11.8 Å². The smallest absolute Gasteiger partial charge is 0.221 e. The van der Waals surface area contributed by atoms with Crippen LogP contribution >= 0.6 is 23.2 Å². The molecule has 0 aliphatic rings. The van der Waals surface area contributed by atoms with Crippen molar-refractivity contribution in [3.05, 3.63) is 64.1 Å². The Morgan fingerprint density at radius 1 is 1.00 bits per heavy atom.